The Morgan fingerprint density at radius 1 is 1.37 bits per heavy atom. The molecule has 0 unspecified atom stereocenters. The number of aromatic nitrogens is 2. The van der Waals surface area contributed by atoms with E-state index in [9.17, 15) is 9.59 Å². The topological polar surface area (TPSA) is 74.8 Å². The molecule has 2 N–H and O–H groups in total. The molecule has 1 aromatic carbocycles. The Kier molecular flexibility index (Phi) is 3.66. The molecule has 1 amide bonds. The first-order chi connectivity index (χ1) is 8.99. The van der Waals surface area contributed by atoms with Gasteiger partial charge in [0.15, 0.2) is 0 Å². The van der Waals surface area contributed by atoms with Crippen molar-refractivity contribution in [3.63, 3.8) is 0 Å². The Labute approximate surface area is 114 Å². The number of nitrogens with one attached hydrogen (secondary N) is 2. The zero-order valence-corrected chi connectivity index (χ0v) is 11.2. The van der Waals surface area contributed by atoms with E-state index in [1.54, 1.807) is 6.07 Å². The molecule has 0 saturated heterocycles. The average molecular weight is 278 g/mol. The van der Waals surface area contributed by atoms with Gasteiger partial charge in [-0.2, -0.15) is 0 Å². The van der Waals surface area contributed by atoms with E-state index in [-0.39, 0.29) is 5.56 Å². The maximum atomic E-state index is 12.0. The molecule has 0 fully saturated rings. The van der Waals surface area contributed by atoms with E-state index in [4.69, 9.17) is 11.6 Å². The fourth-order valence-corrected chi connectivity index (χ4v) is 2.13. The number of anilines is 1. The van der Waals surface area contributed by atoms with Gasteiger partial charge < -0.3 is 10.3 Å². The molecule has 1 aromatic heterocycles. The number of hydrogen-bond acceptors (Lipinski definition) is 3. The average Bonchev–Trinajstić information content (AvgIpc) is 2.34. The molecular weight excluding hydrogens is 266 g/mol. The third-order valence-corrected chi connectivity index (χ3v) is 2.93. The van der Waals surface area contributed by atoms with Crippen molar-refractivity contribution in [1.29, 1.82) is 0 Å². The summed E-state index contributed by atoms with van der Waals surface area (Å²) in [5.41, 5.74) is 1.78. The number of carbonyl (C=O) groups is 1. The van der Waals surface area contributed by atoms with E-state index in [0.717, 1.165) is 11.1 Å². The molecule has 0 aliphatic carbocycles. The number of rotatable bonds is 2. The summed E-state index contributed by atoms with van der Waals surface area (Å²) in [6.07, 6.45) is 2.44. The zero-order valence-electron chi connectivity index (χ0n) is 10.5. The molecule has 1 heterocycles. The van der Waals surface area contributed by atoms with Crippen LogP contribution >= 0.6 is 11.6 Å². The Morgan fingerprint density at radius 2 is 2.11 bits per heavy atom. The quantitative estimate of drug-likeness (QED) is 0.884. The number of H-pyrrole nitrogens is 1. The summed E-state index contributed by atoms with van der Waals surface area (Å²) in [6, 6.07) is 3.65. The van der Waals surface area contributed by atoms with Crippen LogP contribution < -0.4 is 10.9 Å². The van der Waals surface area contributed by atoms with Gasteiger partial charge in [0, 0.05) is 6.20 Å². The lowest BCUT2D eigenvalue weighted by atomic mass is 10.1. The Balaban J connectivity index is 2.35. The number of benzene rings is 1. The molecule has 0 bridgehead atoms. The summed E-state index contributed by atoms with van der Waals surface area (Å²) in [5.74, 6) is -0.539. The van der Waals surface area contributed by atoms with Crippen molar-refractivity contribution < 1.29 is 4.79 Å². The minimum Gasteiger partial charge on any atom is -0.320 e. The van der Waals surface area contributed by atoms with Gasteiger partial charge in [0.1, 0.15) is 5.56 Å². The summed E-state index contributed by atoms with van der Waals surface area (Å²) in [4.78, 5) is 29.5. The van der Waals surface area contributed by atoms with Gasteiger partial charge in [-0.05, 0) is 31.0 Å². The first kappa shape index (κ1) is 13.3. The normalized spacial score (nSPS) is 10.3. The number of amides is 1. The summed E-state index contributed by atoms with van der Waals surface area (Å²) in [6.45, 7) is 3.75. The standard InChI is InChI=1S/C13H12ClN3O2/c1-7-3-8(2)11(10(14)4-7)17-13(19)9-5-15-6-16-12(9)18/h3-6H,1-2H3,(H,17,19)(H,15,16,18). The SMILES string of the molecule is Cc1cc(C)c(NC(=O)c2cnc[nH]c2=O)c(Cl)c1. The largest absolute Gasteiger partial charge is 0.320 e. The van der Waals surface area contributed by atoms with E-state index in [1.807, 2.05) is 19.9 Å². The van der Waals surface area contributed by atoms with Crippen molar-refractivity contribution in [3.8, 4) is 0 Å². The van der Waals surface area contributed by atoms with Crippen molar-refractivity contribution in [2.75, 3.05) is 5.32 Å². The van der Waals surface area contributed by atoms with Crippen LogP contribution in [-0.2, 0) is 0 Å². The van der Waals surface area contributed by atoms with Crippen LogP contribution in [0.5, 0.6) is 0 Å². The van der Waals surface area contributed by atoms with E-state index in [0.29, 0.717) is 10.7 Å². The molecule has 2 rings (SSSR count). The summed E-state index contributed by atoms with van der Waals surface area (Å²) in [7, 11) is 0. The lowest BCUT2D eigenvalue weighted by molar-refractivity contribution is 0.102. The fraction of sp³-hybridized carbons (Fsp3) is 0.154. The van der Waals surface area contributed by atoms with Crippen molar-refractivity contribution in [2.45, 2.75) is 13.8 Å². The summed E-state index contributed by atoms with van der Waals surface area (Å²) >= 11 is 6.09. The molecule has 0 aliphatic heterocycles. The second-order valence-electron chi connectivity index (χ2n) is 4.19. The van der Waals surface area contributed by atoms with Crippen molar-refractivity contribution in [3.05, 3.63) is 56.7 Å². The highest BCUT2D eigenvalue weighted by atomic mass is 35.5. The van der Waals surface area contributed by atoms with E-state index < -0.39 is 11.5 Å². The predicted molar refractivity (Wildman–Crippen MR) is 73.7 cm³/mol. The zero-order chi connectivity index (χ0) is 14.0. The van der Waals surface area contributed by atoms with Gasteiger partial charge in [-0.1, -0.05) is 17.7 Å². The fourth-order valence-electron chi connectivity index (χ4n) is 1.76. The molecule has 19 heavy (non-hydrogen) atoms. The Morgan fingerprint density at radius 3 is 2.74 bits per heavy atom. The third-order valence-electron chi connectivity index (χ3n) is 2.63. The van der Waals surface area contributed by atoms with Crippen LogP contribution in [0.2, 0.25) is 5.02 Å². The number of aryl methyl sites for hydroxylation is 2. The first-order valence-corrected chi connectivity index (χ1v) is 5.97. The lowest BCUT2D eigenvalue weighted by Crippen LogP contribution is -2.23. The van der Waals surface area contributed by atoms with Crippen LogP contribution in [0.4, 0.5) is 5.69 Å². The van der Waals surface area contributed by atoms with Crippen molar-refractivity contribution in [2.24, 2.45) is 0 Å². The highest BCUT2D eigenvalue weighted by Gasteiger charge is 2.14. The second-order valence-corrected chi connectivity index (χ2v) is 4.59. The minimum absolute atomic E-state index is 0.0569. The molecule has 5 nitrogen and oxygen atoms in total. The number of nitrogens with zero attached hydrogens (tertiary/aromatic N) is 1. The number of aromatic amines is 1. The minimum atomic E-state index is -0.539. The number of halogens is 1. The van der Waals surface area contributed by atoms with E-state index in [1.165, 1.54) is 12.5 Å². The molecule has 98 valence electrons. The first-order valence-electron chi connectivity index (χ1n) is 5.60. The van der Waals surface area contributed by atoms with Crippen LogP contribution in [0.15, 0.2) is 29.5 Å². The second kappa shape index (κ2) is 5.24. The maximum absolute atomic E-state index is 12.0. The highest BCUT2D eigenvalue weighted by Crippen LogP contribution is 2.27. The highest BCUT2D eigenvalue weighted by molar-refractivity contribution is 6.34. The molecule has 0 saturated carbocycles. The molecule has 0 spiro atoms. The Hall–Kier alpha value is -2.14. The van der Waals surface area contributed by atoms with Crippen LogP contribution in [0, 0.1) is 13.8 Å². The van der Waals surface area contributed by atoms with Gasteiger partial charge >= 0.3 is 0 Å². The summed E-state index contributed by atoms with van der Waals surface area (Å²) in [5, 5.41) is 3.07. The van der Waals surface area contributed by atoms with Crippen molar-refractivity contribution >= 4 is 23.2 Å². The van der Waals surface area contributed by atoms with Crippen LogP contribution in [0.25, 0.3) is 0 Å². The van der Waals surface area contributed by atoms with E-state index in [2.05, 4.69) is 15.3 Å². The molecule has 0 atom stereocenters. The summed E-state index contributed by atoms with van der Waals surface area (Å²) < 4.78 is 0. The molecular formula is C13H12ClN3O2. The van der Waals surface area contributed by atoms with Crippen LogP contribution in [-0.4, -0.2) is 15.9 Å². The molecule has 6 heteroatoms. The van der Waals surface area contributed by atoms with E-state index >= 15 is 0 Å². The van der Waals surface area contributed by atoms with Gasteiger partial charge in [-0.15, -0.1) is 0 Å². The monoisotopic (exact) mass is 277 g/mol. The number of hydrogen-bond donors (Lipinski definition) is 2. The van der Waals surface area contributed by atoms with Crippen LogP contribution in [0.1, 0.15) is 21.5 Å². The van der Waals surface area contributed by atoms with Gasteiger partial charge in [-0.3, -0.25) is 9.59 Å². The molecule has 0 radical (unpaired) electrons. The van der Waals surface area contributed by atoms with Gasteiger partial charge in [-0.25, -0.2) is 4.98 Å². The van der Waals surface area contributed by atoms with Gasteiger partial charge in [0.05, 0.1) is 17.0 Å². The smallest absolute Gasteiger partial charge is 0.263 e. The third kappa shape index (κ3) is 2.82. The lowest BCUT2D eigenvalue weighted by Gasteiger charge is -2.11. The Bertz CT molecular complexity index is 671. The van der Waals surface area contributed by atoms with Crippen LogP contribution in [0.3, 0.4) is 0 Å². The molecule has 0 aliphatic rings. The van der Waals surface area contributed by atoms with Crippen molar-refractivity contribution in [1.82, 2.24) is 9.97 Å². The van der Waals surface area contributed by atoms with Gasteiger partial charge in [0.2, 0.25) is 0 Å². The predicted octanol–water partition coefficient (Wildman–Crippen LogP) is 2.29. The molecule has 2 aromatic rings. The van der Waals surface area contributed by atoms with Gasteiger partial charge in [0.25, 0.3) is 11.5 Å². The maximum Gasteiger partial charge on any atom is 0.263 e. The number of carbonyl (C=O) groups excluding carboxylic acids is 1.